The molecule has 0 aromatic rings. The fourth-order valence-corrected chi connectivity index (χ4v) is 0. The summed E-state index contributed by atoms with van der Waals surface area (Å²) in [6.07, 6.45) is 0. The minimum Gasteiger partial charge on any atom is -0.763 e. The van der Waals surface area contributed by atoms with Gasteiger partial charge in [0.05, 0.1) is 0 Å². The molecule has 0 rings (SSSR count). The molecular weight excluding hydrogens is 270 g/mol. The SMILES string of the molecule is O=P([O-])(F)Cl.[Ca+2].[Cd+2]. The Kier molecular flexibility index (Phi) is 15.6. The fourth-order valence-electron chi connectivity index (χ4n) is 0. The Bertz CT molecular complexity index is 63.8. The molecule has 0 aromatic heterocycles. The van der Waals surface area contributed by atoms with Crippen molar-refractivity contribution in [1.29, 1.82) is 0 Å². The van der Waals surface area contributed by atoms with E-state index in [0.29, 0.717) is 0 Å². The summed E-state index contributed by atoms with van der Waals surface area (Å²) in [6, 6.07) is 0. The smallest absolute Gasteiger partial charge is 0.763 e. The van der Waals surface area contributed by atoms with Gasteiger partial charge in [0.15, 0.2) is 0 Å². The molecule has 7 heteroatoms. The Balaban J connectivity index is -0.0000000800. The maximum atomic E-state index is 10.5. The molecule has 2 nitrogen and oxygen atoms in total. The van der Waals surface area contributed by atoms with Gasteiger partial charge in [0, 0.05) is 0 Å². The molecule has 32 valence electrons. The van der Waals surface area contributed by atoms with E-state index in [0.717, 1.165) is 0 Å². The minimum absolute atomic E-state index is 0. The van der Waals surface area contributed by atoms with Gasteiger partial charge in [0.25, 0.3) is 7.03 Å². The molecule has 0 aliphatic carbocycles. The van der Waals surface area contributed by atoms with E-state index in [1.54, 1.807) is 0 Å². The zero-order valence-corrected chi connectivity index (χ0v) is 11.3. The van der Waals surface area contributed by atoms with E-state index in [9.17, 15) is 4.20 Å². The van der Waals surface area contributed by atoms with Gasteiger partial charge in [-0.1, -0.05) is 0 Å². The van der Waals surface area contributed by atoms with E-state index in [-0.39, 0.29) is 65.0 Å². The van der Waals surface area contributed by atoms with Crippen molar-refractivity contribution in [3.8, 4) is 0 Å². The molecule has 0 saturated carbocycles. The van der Waals surface area contributed by atoms with Crippen LogP contribution >= 0.6 is 18.3 Å². The second kappa shape index (κ2) is 6.71. The van der Waals surface area contributed by atoms with Crippen molar-refractivity contribution < 1.29 is 41.0 Å². The van der Waals surface area contributed by atoms with Crippen LogP contribution in [0.2, 0.25) is 0 Å². The van der Waals surface area contributed by atoms with Gasteiger partial charge in [0.2, 0.25) is 0 Å². The van der Waals surface area contributed by atoms with Crippen molar-refractivity contribution in [2.24, 2.45) is 0 Å². The summed E-state index contributed by atoms with van der Waals surface area (Å²) in [6.45, 7) is 0. The Morgan fingerprint density at radius 1 is 1.71 bits per heavy atom. The van der Waals surface area contributed by atoms with Crippen LogP contribution in [-0.4, -0.2) is 37.7 Å². The average Bonchev–Trinajstić information content (AvgIpc) is 0.722. The Morgan fingerprint density at radius 3 is 1.71 bits per heavy atom. The van der Waals surface area contributed by atoms with Gasteiger partial charge in [-0.2, -0.15) is 4.20 Å². The summed E-state index contributed by atoms with van der Waals surface area (Å²) in [4.78, 5) is 8.76. The van der Waals surface area contributed by atoms with Crippen molar-refractivity contribution in [3.05, 3.63) is 0 Å². The molecule has 0 aliphatic rings. The van der Waals surface area contributed by atoms with Gasteiger partial charge in [-0.25, -0.2) is 0 Å². The second-order valence-electron chi connectivity index (χ2n) is 0.414. The van der Waals surface area contributed by atoms with E-state index in [4.69, 9.17) is 9.46 Å². The van der Waals surface area contributed by atoms with Gasteiger partial charge in [-0.05, 0) is 11.2 Å². The van der Waals surface area contributed by atoms with E-state index < -0.39 is 7.03 Å². The van der Waals surface area contributed by atoms with Crippen molar-refractivity contribution in [2.45, 2.75) is 0 Å². The van der Waals surface area contributed by atoms with Crippen molar-refractivity contribution >= 4 is 56.0 Å². The molecule has 1 unspecified atom stereocenters. The number of hydrogen-bond donors (Lipinski definition) is 0. The molecule has 0 heterocycles. The first-order valence-corrected chi connectivity index (χ1v) is 3.12. The molecule has 7 heavy (non-hydrogen) atoms. The normalized spacial score (nSPS) is 15.3. The minimum atomic E-state index is -4.92. The third-order valence-corrected chi connectivity index (χ3v) is 0. The van der Waals surface area contributed by atoms with Gasteiger partial charge >= 0.3 is 65.0 Å². The molecule has 0 saturated heterocycles. The standard InChI is InChI=1S/Ca.Cd.ClFHO2P/c;;1-5(2,3)4/h;;(H,3,4)/q2*+2;/p-1. The molecule has 0 spiro atoms. The maximum absolute atomic E-state index is 10.5. The van der Waals surface area contributed by atoms with Crippen LogP contribution in [0, 0.1) is 0 Å². The van der Waals surface area contributed by atoms with E-state index >= 15 is 0 Å². The van der Waals surface area contributed by atoms with Gasteiger partial charge in [-0.15, -0.1) is 0 Å². The van der Waals surface area contributed by atoms with Crippen molar-refractivity contribution in [3.63, 3.8) is 0 Å². The molecule has 0 fully saturated rings. The molecule has 1 atom stereocenters. The van der Waals surface area contributed by atoms with Crippen LogP contribution in [0.4, 0.5) is 4.20 Å². The monoisotopic (exact) mass is 271 g/mol. The van der Waals surface area contributed by atoms with Gasteiger partial charge in [-0.3, -0.25) is 4.57 Å². The third-order valence-electron chi connectivity index (χ3n) is 0. The van der Waals surface area contributed by atoms with Crippen LogP contribution in [0.3, 0.4) is 0 Å². The first-order valence-electron chi connectivity index (χ1n) is 0.703. The van der Waals surface area contributed by atoms with Crippen LogP contribution in [0.1, 0.15) is 0 Å². The topological polar surface area (TPSA) is 40.1 Å². The molecule has 0 radical (unpaired) electrons. The van der Waals surface area contributed by atoms with Crippen molar-refractivity contribution in [2.75, 3.05) is 0 Å². The van der Waals surface area contributed by atoms with E-state index in [2.05, 4.69) is 11.2 Å². The summed E-state index contributed by atoms with van der Waals surface area (Å²) in [5, 5.41) is 0. The summed E-state index contributed by atoms with van der Waals surface area (Å²) in [5.41, 5.74) is 0. The zero-order valence-electron chi connectivity index (χ0n) is 3.43. The Morgan fingerprint density at radius 2 is 1.71 bits per heavy atom. The third kappa shape index (κ3) is 55.6. The van der Waals surface area contributed by atoms with Crippen LogP contribution < -0.4 is 4.89 Å². The average molecular weight is 270 g/mol. The first-order chi connectivity index (χ1) is 2.00. The van der Waals surface area contributed by atoms with Crippen LogP contribution in [0.5, 0.6) is 0 Å². The summed E-state index contributed by atoms with van der Waals surface area (Å²) >= 11 is 3.86. The zero-order chi connectivity index (χ0) is 4.50. The molecular formula is CaCdClFO2P+3. The predicted molar refractivity (Wildman–Crippen MR) is 20.3 cm³/mol. The number of halogens is 2. The molecule has 0 aliphatic heterocycles. The fraction of sp³-hybridized carbons (Fsp3) is 0. The summed E-state index contributed by atoms with van der Waals surface area (Å²) in [5.74, 6) is 0. The maximum Gasteiger partial charge on any atom is 2.00 e. The van der Waals surface area contributed by atoms with Gasteiger partial charge < -0.3 is 4.89 Å². The predicted octanol–water partition coefficient (Wildman–Crippen LogP) is 0.280. The summed E-state index contributed by atoms with van der Waals surface area (Å²) < 4.78 is 19.2. The molecule has 0 N–H and O–H groups in total. The molecule has 0 bridgehead atoms. The molecule has 0 aromatic carbocycles. The van der Waals surface area contributed by atoms with Crippen LogP contribution in [0.15, 0.2) is 0 Å². The first kappa shape index (κ1) is 16.3. The summed E-state index contributed by atoms with van der Waals surface area (Å²) in [7, 11) is -4.92. The number of rotatable bonds is 0. The number of hydrogen-bond acceptors (Lipinski definition) is 2. The van der Waals surface area contributed by atoms with E-state index in [1.807, 2.05) is 0 Å². The van der Waals surface area contributed by atoms with Crippen LogP contribution in [-0.2, 0) is 31.9 Å². The van der Waals surface area contributed by atoms with Crippen LogP contribution in [0.25, 0.3) is 0 Å². The Labute approximate surface area is 95.3 Å². The quantitative estimate of drug-likeness (QED) is 0.468. The molecule has 0 amide bonds. The Hall–Kier alpha value is 2.59. The van der Waals surface area contributed by atoms with E-state index in [1.165, 1.54) is 0 Å². The largest absolute Gasteiger partial charge is 2.00 e. The van der Waals surface area contributed by atoms with Gasteiger partial charge in [0.1, 0.15) is 0 Å². The van der Waals surface area contributed by atoms with Crippen molar-refractivity contribution in [1.82, 2.24) is 0 Å². The second-order valence-corrected chi connectivity index (χ2v) is 2.45.